The normalized spacial score (nSPS) is 9.60. The molecular weight excluding hydrogens is 127 g/mol. The first-order valence-electron chi connectivity index (χ1n) is 0.765. The van der Waals surface area contributed by atoms with Crippen LogP contribution < -0.4 is 0 Å². The van der Waals surface area contributed by atoms with E-state index in [0.29, 0.717) is 0 Å². The molecule has 0 aliphatic rings. The van der Waals surface area contributed by atoms with Gasteiger partial charge >= 0.3 is 0 Å². The van der Waals surface area contributed by atoms with Gasteiger partial charge in [-0.05, 0) is 10.4 Å². The largest absolute Gasteiger partial charge is 0.341 e. The summed E-state index contributed by atoms with van der Waals surface area (Å²) in [6.45, 7) is 0. The molecule has 0 bridgehead atoms. The molecule has 32 valence electrons. The van der Waals surface area contributed by atoms with Gasteiger partial charge in [0.1, 0.15) is 0 Å². The zero-order chi connectivity index (χ0) is 4.28. The van der Waals surface area contributed by atoms with Crippen LogP contribution in [0, 0.1) is 0 Å². The Labute approximate surface area is 40.1 Å². The number of hydrogen-bond donors (Lipinski definition) is 3. The zero-order valence-electron chi connectivity index (χ0n) is 2.20. The van der Waals surface area contributed by atoms with Gasteiger partial charge in [-0.15, -0.1) is 11.7 Å². The van der Waals surface area contributed by atoms with Crippen LogP contribution in [-0.4, -0.2) is 9.79 Å². The van der Waals surface area contributed by atoms with Gasteiger partial charge < -0.3 is 9.79 Å². The summed E-state index contributed by atoms with van der Waals surface area (Å²) in [7, 11) is -1.07. The van der Waals surface area contributed by atoms with Gasteiger partial charge in [0.2, 0.25) is 7.58 Å². The molecule has 0 heterocycles. The van der Waals surface area contributed by atoms with E-state index in [0.717, 1.165) is 10.4 Å². The lowest BCUT2D eigenvalue weighted by atomic mass is 15.9. The molecule has 0 rings (SSSR count). The van der Waals surface area contributed by atoms with Crippen LogP contribution in [0.25, 0.3) is 0 Å². The van der Waals surface area contributed by atoms with Crippen molar-refractivity contribution >= 4 is 29.7 Å². The van der Waals surface area contributed by atoms with Crippen LogP contribution in [0.4, 0.5) is 0 Å². The van der Waals surface area contributed by atoms with Crippen LogP contribution in [0.5, 0.6) is 0 Å². The van der Waals surface area contributed by atoms with Crippen LogP contribution in [-0.2, 0) is 0 Å². The fourth-order valence-corrected chi connectivity index (χ4v) is 0. The standard InChI is InChI=1S/H3O2PS2/c1-3(2)5-4/h1-2,4H. The highest BCUT2D eigenvalue weighted by Crippen LogP contribution is 2.42. The minimum absolute atomic E-state index is 0.750. The summed E-state index contributed by atoms with van der Waals surface area (Å²) in [5, 5.41) is 0. The Morgan fingerprint density at radius 1 is 1.60 bits per heavy atom. The highest BCUT2D eigenvalue weighted by Gasteiger charge is 1.87. The molecule has 2 N–H and O–H groups in total. The average molecular weight is 130 g/mol. The third-order valence-corrected chi connectivity index (χ3v) is 1.97. The molecular formula is H3O2PS2. The summed E-state index contributed by atoms with van der Waals surface area (Å²) < 4.78 is 0. The molecule has 0 aliphatic heterocycles. The highest BCUT2D eigenvalue weighted by molar-refractivity contribution is 8.92. The molecule has 0 fully saturated rings. The molecule has 0 aromatic carbocycles. The Kier molecular flexibility index (Phi) is 3.93. The van der Waals surface area contributed by atoms with E-state index < -0.39 is 7.58 Å². The molecule has 0 radical (unpaired) electrons. The highest BCUT2D eigenvalue weighted by atomic mass is 33.3. The summed E-state index contributed by atoms with van der Waals surface area (Å²) in [5.74, 6) is 0. The summed E-state index contributed by atoms with van der Waals surface area (Å²) in [5.41, 5.74) is 0. The molecule has 0 aromatic heterocycles. The third kappa shape index (κ3) is 5.05. The topological polar surface area (TPSA) is 40.5 Å². The summed E-state index contributed by atoms with van der Waals surface area (Å²) in [4.78, 5) is 15.7. The van der Waals surface area contributed by atoms with Crippen molar-refractivity contribution in [3.05, 3.63) is 0 Å². The van der Waals surface area contributed by atoms with Crippen LogP contribution in [0.15, 0.2) is 0 Å². The predicted molar refractivity (Wildman–Crippen MR) is 27.9 cm³/mol. The van der Waals surface area contributed by atoms with E-state index in [1.54, 1.807) is 0 Å². The molecule has 2 nitrogen and oxygen atoms in total. The van der Waals surface area contributed by atoms with Crippen molar-refractivity contribution in [3.63, 3.8) is 0 Å². The van der Waals surface area contributed by atoms with Crippen LogP contribution in [0.1, 0.15) is 0 Å². The second kappa shape index (κ2) is 3.25. The second-order valence-corrected chi connectivity index (χ2v) is 3.94. The van der Waals surface area contributed by atoms with E-state index in [1.807, 2.05) is 0 Å². The quantitative estimate of drug-likeness (QED) is 0.279. The van der Waals surface area contributed by atoms with E-state index in [2.05, 4.69) is 11.7 Å². The summed E-state index contributed by atoms with van der Waals surface area (Å²) in [6, 6.07) is 0. The van der Waals surface area contributed by atoms with E-state index >= 15 is 0 Å². The van der Waals surface area contributed by atoms with Gasteiger partial charge in [-0.2, -0.15) is 0 Å². The van der Waals surface area contributed by atoms with Gasteiger partial charge in [0.15, 0.2) is 0 Å². The summed E-state index contributed by atoms with van der Waals surface area (Å²) in [6.07, 6.45) is 0. The predicted octanol–water partition coefficient (Wildman–Crippen LogP) is 0.776. The number of hydrogen-bond acceptors (Lipinski definition) is 4. The van der Waals surface area contributed by atoms with Crippen molar-refractivity contribution in [2.45, 2.75) is 0 Å². The molecule has 0 saturated heterocycles. The van der Waals surface area contributed by atoms with Gasteiger partial charge in [-0.25, -0.2) is 0 Å². The Morgan fingerprint density at radius 2 is 1.80 bits per heavy atom. The monoisotopic (exact) mass is 130 g/mol. The van der Waals surface area contributed by atoms with Crippen molar-refractivity contribution < 1.29 is 9.79 Å². The van der Waals surface area contributed by atoms with Gasteiger partial charge in [0.25, 0.3) is 0 Å². The molecule has 0 aliphatic carbocycles. The average Bonchev–Trinajstić information content (AvgIpc) is 1.38. The van der Waals surface area contributed by atoms with Gasteiger partial charge in [-0.3, -0.25) is 0 Å². The maximum absolute atomic E-state index is 7.87. The van der Waals surface area contributed by atoms with Crippen LogP contribution >= 0.6 is 29.7 Å². The van der Waals surface area contributed by atoms with E-state index in [9.17, 15) is 0 Å². The van der Waals surface area contributed by atoms with Crippen molar-refractivity contribution in [1.29, 1.82) is 0 Å². The minimum atomic E-state index is -1.82. The number of thiol groups is 1. The smallest absolute Gasteiger partial charge is 0.243 e. The first-order valence-corrected chi connectivity index (χ1v) is 4.49. The Balaban J connectivity index is 2.54. The van der Waals surface area contributed by atoms with E-state index in [4.69, 9.17) is 9.79 Å². The molecule has 0 spiro atoms. The molecule has 0 aromatic rings. The first-order chi connectivity index (χ1) is 2.27. The Morgan fingerprint density at radius 3 is 1.80 bits per heavy atom. The maximum atomic E-state index is 7.87. The Bertz CT molecular complexity index is 21.6. The maximum Gasteiger partial charge on any atom is 0.243 e. The fraction of sp³-hybridized carbons (Fsp3) is 0. The van der Waals surface area contributed by atoms with Crippen molar-refractivity contribution in [2.75, 3.05) is 0 Å². The molecule has 0 amide bonds. The van der Waals surface area contributed by atoms with Crippen molar-refractivity contribution in [1.82, 2.24) is 0 Å². The van der Waals surface area contributed by atoms with Gasteiger partial charge in [0, 0.05) is 0 Å². The van der Waals surface area contributed by atoms with Gasteiger partial charge in [-0.1, -0.05) is 0 Å². The molecule has 5 heteroatoms. The fourth-order valence-electron chi connectivity index (χ4n) is 0. The first kappa shape index (κ1) is 6.05. The van der Waals surface area contributed by atoms with Crippen molar-refractivity contribution in [2.24, 2.45) is 0 Å². The lowest BCUT2D eigenvalue weighted by Gasteiger charge is -1.86. The lowest BCUT2D eigenvalue weighted by Crippen LogP contribution is -1.46. The second-order valence-electron chi connectivity index (χ2n) is 0.334. The van der Waals surface area contributed by atoms with Crippen LogP contribution in [0.2, 0.25) is 0 Å². The van der Waals surface area contributed by atoms with E-state index in [1.165, 1.54) is 0 Å². The Hall–Kier alpha value is 1.05. The number of rotatable bonds is 1. The lowest BCUT2D eigenvalue weighted by molar-refractivity contribution is 0.506. The van der Waals surface area contributed by atoms with Crippen molar-refractivity contribution in [3.8, 4) is 0 Å². The minimum Gasteiger partial charge on any atom is -0.341 e. The summed E-state index contributed by atoms with van der Waals surface area (Å²) >= 11 is 3.46. The molecule has 0 saturated carbocycles. The van der Waals surface area contributed by atoms with E-state index in [-0.39, 0.29) is 0 Å². The SMILES string of the molecule is OP(O)SS. The molecule has 0 unspecified atom stereocenters. The zero-order valence-corrected chi connectivity index (χ0v) is 4.80. The van der Waals surface area contributed by atoms with Crippen LogP contribution in [0.3, 0.4) is 0 Å². The molecule has 0 atom stereocenters. The third-order valence-electron chi connectivity index (χ3n) is 0.0730. The van der Waals surface area contributed by atoms with Gasteiger partial charge in [0.05, 0.1) is 0 Å². The molecule has 5 heavy (non-hydrogen) atoms.